The monoisotopic (exact) mass is 454 g/mol. The molecule has 0 unspecified atom stereocenters. The molecule has 0 N–H and O–H groups in total. The molecule has 0 aliphatic carbocycles. The zero-order valence-corrected chi connectivity index (χ0v) is 18.3. The number of fused-ring (bicyclic) bond motifs is 2. The Kier molecular flexibility index (Phi) is 4.84. The minimum absolute atomic E-state index is 0.00294. The average Bonchev–Trinajstić information content (AvgIpc) is 3.54. The van der Waals surface area contributed by atoms with Gasteiger partial charge in [0, 0.05) is 17.8 Å². The van der Waals surface area contributed by atoms with Crippen LogP contribution in [0.3, 0.4) is 0 Å². The van der Waals surface area contributed by atoms with E-state index in [-0.39, 0.29) is 30.0 Å². The van der Waals surface area contributed by atoms with Gasteiger partial charge in [0.05, 0.1) is 22.6 Å². The summed E-state index contributed by atoms with van der Waals surface area (Å²) in [6, 6.07) is 23.7. The number of carbonyl (C=O) groups is 1. The van der Waals surface area contributed by atoms with Crippen LogP contribution in [-0.4, -0.2) is 42.9 Å². The summed E-state index contributed by atoms with van der Waals surface area (Å²) in [7, 11) is 0. The van der Waals surface area contributed by atoms with Gasteiger partial charge in [-0.1, -0.05) is 47.7 Å². The molecule has 3 aromatic carbocycles. The molecule has 9 heteroatoms. The van der Waals surface area contributed by atoms with Crippen LogP contribution >= 0.6 is 0 Å². The van der Waals surface area contributed by atoms with E-state index < -0.39 is 4.92 Å². The fourth-order valence-corrected chi connectivity index (χ4v) is 5.33. The van der Waals surface area contributed by atoms with E-state index in [1.54, 1.807) is 17.0 Å². The van der Waals surface area contributed by atoms with Crippen molar-refractivity contribution >= 4 is 28.3 Å². The fourth-order valence-electron chi connectivity index (χ4n) is 5.33. The van der Waals surface area contributed by atoms with Gasteiger partial charge in [0.15, 0.2) is 0 Å². The minimum Gasteiger partial charge on any atom is -0.295 e. The molecule has 3 atom stereocenters. The van der Waals surface area contributed by atoms with Crippen LogP contribution in [0.15, 0.2) is 78.9 Å². The standard InChI is InChI=1S/C25H22N6O3/c32-25-22(16-17-6-2-1-3-7-17)29-23(28(25)18-10-12-19(13-11-18)31(33)34)14-15-24(29)30-21-9-5-4-8-20(21)26-27-30/h1-13,22-24H,14-16H2/t22-,23-,24+/m0/s1. The topological polar surface area (TPSA) is 97.4 Å². The molecule has 2 aliphatic heterocycles. The van der Waals surface area contributed by atoms with E-state index in [4.69, 9.17) is 0 Å². The van der Waals surface area contributed by atoms with Crippen LogP contribution in [0.25, 0.3) is 11.0 Å². The normalized spacial score (nSPS) is 22.4. The zero-order valence-electron chi connectivity index (χ0n) is 18.3. The van der Waals surface area contributed by atoms with Crippen molar-refractivity contribution in [3.05, 3.63) is 94.5 Å². The maximum Gasteiger partial charge on any atom is 0.269 e. The number of carbonyl (C=O) groups excluding carboxylic acids is 1. The molecule has 0 spiro atoms. The van der Waals surface area contributed by atoms with Gasteiger partial charge in [-0.3, -0.25) is 19.8 Å². The molecule has 0 bridgehead atoms. The lowest BCUT2D eigenvalue weighted by atomic mass is 10.0. The predicted octanol–water partition coefficient (Wildman–Crippen LogP) is 3.92. The molecule has 3 heterocycles. The predicted molar refractivity (Wildman–Crippen MR) is 126 cm³/mol. The molecule has 6 rings (SSSR count). The van der Waals surface area contributed by atoms with Gasteiger partial charge in [-0.25, -0.2) is 9.58 Å². The highest BCUT2D eigenvalue weighted by atomic mass is 16.6. The molecule has 4 aromatic rings. The second kappa shape index (κ2) is 8.03. The first-order valence-electron chi connectivity index (χ1n) is 11.3. The zero-order chi connectivity index (χ0) is 23.2. The number of rotatable bonds is 5. The van der Waals surface area contributed by atoms with E-state index in [1.165, 1.54) is 12.1 Å². The molecule has 9 nitrogen and oxygen atoms in total. The van der Waals surface area contributed by atoms with Crippen LogP contribution in [0.4, 0.5) is 11.4 Å². The summed E-state index contributed by atoms with van der Waals surface area (Å²) < 4.78 is 1.93. The van der Waals surface area contributed by atoms with E-state index in [0.29, 0.717) is 12.1 Å². The molecule has 2 saturated heterocycles. The molecule has 1 amide bonds. The van der Waals surface area contributed by atoms with Crippen LogP contribution in [0.2, 0.25) is 0 Å². The molecule has 2 aliphatic rings. The third-order valence-corrected chi connectivity index (χ3v) is 6.82. The number of benzene rings is 3. The first-order chi connectivity index (χ1) is 16.6. The second-order valence-corrected chi connectivity index (χ2v) is 8.70. The fraction of sp³-hybridized carbons (Fsp3) is 0.240. The van der Waals surface area contributed by atoms with Crippen molar-refractivity contribution in [2.75, 3.05) is 4.90 Å². The summed E-state index contributed by atoms with van der Waals surface area (Å²) in [5, 5.41) is 19.9. The molecular weight excluding hydrogens is 432 g/mol. The maximum absolute atomic E-state index is 13.8. The first kappa shape index (κ1) is 20.5. The summed E-state index contributed by atoms with van der Waals surface area (Å²) in [6.07, 6.45) is 1.89. The molecular formula is C25H22N6O3. The first-order valence-corrected chi connectivity index (χ1v) is 11.3. The number of nitro groups is 1. The van der Waals surface area contributed by atoms with Crippen molar-refractivity contribution in [2.24, 2.45) is 0 Å². The Morgan fingerprint density at radius 2 is 1.62 bits per heavy atom. The van der Waals surface area contributed by atoms with Gasteiger partial charge in [-0.2, -0.15) is 0 Å². The van der Waals surface area contributed by atoms with Crippen LogP contribution < -0.4 is 4.90 Å². The Hall–Kier alpha value is -4.11. The summed E-state index contributed by atoms with van der Waals surface area (Å²) >= 11 is 0. The second-order valence-electron chi connectivity index (χ2n) is 8.70. The molecule has 1 aromatic heterocycles. The van der Waals surface area contributed by atoms with Gasteiger partial charge < -0.3 is 0 Å². The molecule has 2 fully saturated rings. The van der Waals surface area contributed by atoms with E-state index in [2.05, 4.69) is 15.2 Å². The minimum atomic E-state index is -0.429. The highest BCUT2D eigenvalue weighted by Gasteiger charge is 2.53. The van der Waals surface area contributed by atoms with Gasteiger partial charge in [0.25, 0.3) is 5.69 Å². The lowest BCUT2D eigenvalue weighted by Gasteiger charge is -2.29. The third kappa shape index (κ3) is 3.24. The van der Waals surface area contributed by atoms with Crippen LogP contribution in [-0.2, 0) is 11.2 Å². The highest BCUT2D eigenvalue weighted by molar-refractivity contribution is 6.00. The lowest BCUT2D eigenvalue weighted by molar-refractivity contribution is -0.384. The van der Waals surface area contributed by atoms with Crippen LogP contribution in [0.5, 0.6) is 0 Å². The summed E-state index contributed by atoms with van der Waals surface area (Å²) in [5.74, 6) is -0.00294. The number of hydrogen-bond donors (Lipinski definition) is 0. The number of para-hydroxylation sites is 1. The van der Waals surface area contributed by atoms with E-state index in [9.17, 15) is 14.9 Å². The Morgan fingerprint density at radius 3 is 2.38 bits per heavy atom. The number of nitro benzene ring substituents is 1. The quantitative estimate of drug-likeness (QED) is 0.335. The van der Waals surface area contributed by atoms with Crippen molar-refractivity contribution in [3.8, 4) is 0 Å². The SMILES string of the molecule is O=C1[C@H](Cc2ccccc2)N2[C@H](n3nnc4ccccc43)CC[C@H]2N1c1ccc([N+](=O)[O-])cc1. The number of amides is 1. The Bertz CT molecular complexity index is 1370. The van der Waals surface area contributed by atoms with Gasteiger partial charge in [0.2, 0.25) is 5.91 Å². The van der Waals surface area contributed by atoms with Gasteiger partial charge >= 0.3 is 0 Å². The summed E-state index contributed by atoms with van der Waals surface area (Å²) in [5.41, 5.74) is 3.52. The summed E-state index contributed by atoms with van der Waals surface area (Å²) in [6.45, 7) is 0. The molecule has 0 saturated carbocycles. The third-order valence-electron chi connectivity index (χ3n) is 6.82. The molecule has 0 radical (unpaired) electrons. The van der Waals surface area contributed by atoms with Gasteiger partial charge in [-0.05, 0) is 49.1 Å². The van der Waals surface area contributed by atoms with Crippen LogP contribution in [0, 0.1) is 10.1 Å². The average molecular weight is 454 g/mol. The van der Waals surface area contributed by atoms with Crippen molar-refractivity contribution < 1.29 is 9.72 Å². The van der Waals surface area contributed by atoms with Crippen molar-refractivity contribution in [1.82, 2.24) is 19.9 Å². The van der Waals surface area contributed by atoms with Gasteiger partial charge in [0.1, 0.15) is 11.7 Å². The number of anilines is 1. The van der Waals surface area contributed by atoms with E-state index in [0.717, 1.165) is 29.4 Å². The number of non-ortho nitro benzene ring substituents is 1. The smallest absolute Gasteiger partial charge is 0.269 e. The Balaban J connectivity index is 1.41. The number of hydrogen-bond acceptors (Lipinski definition) is 6. The van der Waals surface area contributed by atoms with E-state index >= 15 is 0 Å². The number of nitrogens with zero attached hydrogens (tertiary/aromatic N) is 6. The lowest BCUT2D eigenvalue weighted by Crippen LogP contribution is -2.40. The van der Waals surface area contributed by atoms with Gasteiger partial charge in [-0.15, -0.1) is 5.10 Å². The van der Waals surface area contributed by atoms with Crippen molar-refractivity contribution in [1.29, 1.82) is 0 Å². The highest BCUT2D eigenvalue weighted by Crippen LogP contribution is 2.44. The van der Waals surface area contributed by atoms with Crippen molar-refractivity contribution in [2.45, 2.75) is 37.6 Å². The molecule has 34 heavy (non-hydrogen) atoms. The maximum atomic E-state index is 13.8. The largest absolute Gasteiger partial charge is 0.295 e. The van der Waals surface area contributed by atoms with Crippen molar-refractivity contribution in [3.63, 3.8) is 0 Å². The molecule has 170 valence electrons. The van der Waals surface area contributed by atoms with E-state index in [1.807, 2.05) is 59.3 Å². The Labute approximate surface area is 195 Å². The van der Waals surface area contributed by atoms with Crippen LogP contribution in [0.1, 0.15) is 24.6 Å². The Morgan fingerprint density at radius 1 is 0.912 bits per heavy atom. The summed E-state index contributed by atoms with van der Waals surface area (Å²) in [4.78, 5) is 28.6. The number of aromatic nitrogens is 3.